The lowest BCUT2D eigenvalue weighted by atomic mass is 10.1. The topological polar surface area (TPSA) is 63.2 Å². The Morgan fingerprint density at radius 2 is 2.21 bits per heavy atom. The van der Waals surface area contributed by atoms with Crippen molar-refractivity contribution in [3.05, 3.63) is 35.5 Å². The smallest absolute Gasteiger partial charge is 0.187 e. The first kappa shape index (κ1) is 20.2. The number of nitrogens with one attached hydrogen (secondary N) is 1. The second kappa shape index (κ2) is 8.73. The van der Waals surface area contributed by atoms with Crippen molar-refractivity contribution >= 4 is 40.1 Å². The average Bonchev–Trinajstić information content (AvgIpc) is 3.16. The molecule has 2 aromatic heterocycles. The number of thioether (sulfide) groups is 1. The van der Waals surface area contributed by atoms with Crippen molar-refractivity contribution < 1.29 is 4.74 Å². The Kier molecular flexibility index (Phi) is 6.08. The highest BCUT2D eigenvalue weighted by atomic mass is 35.5. The lowest BCUT2D eigenvalue weighted by Gasteiger charge is -2.20. The van der Waals surface area contributed by atoms with E-state index in [1.165, 1.54) is 24.6 Å². The normalized spacial score (nSPS) is 17.0. The Morgan fingerprint density at radius 1 is 1.34 bits per heavy atom. The van der Waals surface area contributed by atoms with Gasteiger partial charge in [0.1, 0.15) is 11.3 Å². The Bertz CT molecular complexity index is 1030. The maximum atomic E-state index is 6.57. The molecule has 152 valence electrons. The average molecular weight is 430 g/mol. The molecule has 0 amide bonds. The molecule has 1 N–H and O–H groups in total. The second-order valence-electron chi connectivity index (χ2n) is 7.13. The van der Waals surface area contributed by atoms with E-state index >= 15 is 0 Å². The molecule has 1 aliphatic heterocycles. The first-order chi connectivity index (χ1) is 14.1. The number of pyridine rings is 1. The Labute approximate surface area is 180 Å². The fourth-order valence-electron chi connectivity index (χ4n) is 3.70. The standard InChI is InChI=1S/C21H24ClN5OS/c1-27-9-5-6-14(27)12-23-20-19-13(11-24-21(26-19)29-3)10-16(25-20)15-7-4-8-17(28-2)18(15)22/h4,7-8,10-11,14H,5-6,9,12H2,1-3H3,(H,23,25). The molecule has 29 heavy (non-hydrogen) atoms. The highest BCUT2D eigenvalue weighted by molar-refractivity contribution is 7.98. The summed E-state index contributed by atoms with van der Waals surface area (Å²) in [7, 11) is 3.78. The first-order valence-corrected chi connectivity index (χ1v) is 11.2. The van der Waals surface area contributed by atoms with E-state index in [-0.39, 0.29) is 0 Å². The molecule has 0 spiro atoms. The molecule has 0 radical (unpaired) electrons. The van der Waals surface area contributed by atoms with Crippen LogP contribution in [-0.2, 0) is 0 Å². The van der Waals surface area contributed by atoms with Crippen LogP contribution in [0.4, 0.5) is 5.82 Å². The number of anilines is 1. The maximum absolute atomic E-state index is 6.57. The largest absolute Gasteiger partial charge is 0.495 e. The van der Waals surface area contributed by atoms with Crippen LogP contribution in [0.25, 0.3) is 22.2 Å². The third-order valence-electron chi connectivity index (χ3n) is 5.36. The molecule has 1 aromatic carbocycles. The van der Waals surface area contributed by atoms with Crippen LogP contribution in [0.15, 0.2) is 35.6 Å². The van der Waals surface area contributed by atoms with Crippen molar-refractivity contribution in [1.82, 2.24) is 19.9 Å². The van der Waals surface area contributed by atoms with Crippen molar-refractivity contribution in [3.8, 4) is 17.0 Å². The molecule has 3 heterocycles. The molecule has 1 atom stereocenters. The number of rotatable bonds is 6. The van der Waals surface area contributed by atoms with Gasteiger partial charge in [-0.3, -0.25) is 0 Å². The molecule has 0 saturated carbocycles. The molecular weight excluding hydrogens is 406 g/mol. The highest BCUT2D eigenvalue weighted by Gasteiger charge is 2.21. The van der Waals surface area contributed by atoms with Gasteiger partial charge in [0.25, 0.3) is 0 Å². The van der Waals surface area contributed by atoms with Gasteiger partial charge in [-0.15, -0.1) is 0 Å². The fraction of sp³-hybridized carbons (Fsp3) is 0.381. The zero-order valence-electron chi connectivity index (χ0n) is 16.8. The minimum absolute atomic E-state index is 0.498. The SMILES string of the molecule is COc1cccc(-c2cc3cnc(SC)nc3c(NCC3CCCN3C)n2)c1Cl. The fourth-order valence-corrected chi connectivity index (χ4v) is 4.34. The van der Waals surface area contributed by atoms with E-state index in [0.717, 1.165) is 46.2 Å². The van der Waals surface area contributed by atoms with Crippen molar-refractivity contribution in [2.45, 2.75) is 24.0 Å². The van der Waals surface area contributed by atoms with Crippen molar-refractivity contribution in [3.63, 3.8) is 0 Å². The number of hydrogen-bond acceptors (Lipinski definition) is 7. The molecule has 4 rings (SSSR count). The van der Waals surface area contributed by atoms with E-state index < -0.39 is 0 Å². The number of methoxy groups -OCH3 is 1. The van der Waals surface area contributed by atoms with Gasteiger partial charge in [-0.2, -0.15) is 0 Å². The number of nitrogens with zero attached hydrogens (tertiary/aromatic N) is 4. The predicted molar refractivity (Wildman–Crippen MR) is 120 cm³/mol. The summed E-state index contributed by atoms with van der Waals surface area (Å²) in [4.78, 5) is 16.4. The van der Waals surface area contributed by atoms with E-state index in [1.54, 1.807) is 7.11 Å². The van der Waals surface area contributed by atoms with E-state index in [4.69, 9.17) is 26.3 Å². The van der Waals surface area contributed by atoms with Gasteiger partial charge in [0.05, 0.1) is 17.8 Å². The molecule has 1 aliphatic rings. The van der Waals surface area contributed by atoms with Crippen molar-refractivity contribution in [2.24, 2.45) is 0 Å². The van der Waals surface area contributed by atoms with Crippen LogP contribution >= 0.6 is 23.4 Å². The third kappa shape index (κ3) is 4.13. The van der Waals surface area contributed by atoms with E-state index in [2.05, 4.69) is 22.2 Å². The summed E-state index contributed by atoms with van der Waals surface area (Å²) in [6.45, 7) is 1.96. The molecular formula is C21H24ClN5OS. The number of likely N-dealkylation sites (tertiary alicyclic amines) is 1. The summed E-state index contributed by atoms with van der Waals surface area (Å²) in [6.07, 6.45) is 6.24. The highest BCUT2D eigenvalue weighted by Crippen LogP contribution is 2.36. The summed E-state index contributed by atoms with van der Waals surface area (Å²) in [5.74, 6) is 1.39. The minimum Gasteiger partial charge on any atom is -0.495 e. The number of halogens is 1. The van der Waals surface area contributed by atoms with E-state index in [1.807, 2.05) is 36.7 Å². The van der Waals surface area contributed by atoms with Gasteiger partial charge in [-0.1, -0.05) is 35.5 Å². The van der Waals surface area contributed by atoms with Gasteiger partial charge in [-0.05, 0) is 44.8 Å². The molecule has 8 heteroatoms. The Morgan fingerprint density at radius 3 is 2.93 bits per heavy atom. The number of aromatic nitrogens is 3. The number of benzene rings is 1. The van der Waals surface area contributed by atoms with Crippen LogP contribution in [0.3, 0.4) is 0 Å². The van der Waals surface area contributed by atoms with Crippen LogP contribution in [0.1, 0.15) is 12.8 Å². The quantitative estimate of drug-likeness (QED) is 0.454. The predicted octanol–water partition coefficient (Wildman–Crippen LogP) is 4.58. The Balaban J connectivity index is 1.78. The molecule has 6 nitrogen and oxygen atoms in total. The number of fused-ring (bicyclic) bond motifs is 1. The van der Waals surface area contributed by atoms with Gasteiger partial charge < -0.3 is 15.0 Å². The summed E-state index contributed by atoms with van der Waals surface area (Å²) < 4.78 is 5.37. The molecule has 1 saturated heterocycles. The lowest BCUT2D eigenvalue weighted by Crippen LogP contribution is -2.31. The monoisotopic (exact) mass is 429 g/mol. The maximum Gasteiger partial charge on any atom is 0.187 e. The number of hydrogen-bond donors (Lipinski definition) is 1. The first-order valence-electron chi connectivity index (χ1n) is 9.59. The Hall–Kier alpha value is -2.09. The molecule has 1 unspecified atom stereocenters. The lowest BCUT2D eigenvalue weighted by molar-refractivity contribution is 0.322. The van der Waals surface area contributed by atoms with Crippen LogP contribution in [0.5, 0.6) is 5.75 Å². The molecule has 0 aliphatic carbocycles. The number of ether oxygens (including phenoxy) is 1. The van der Waals surface area contributed by atoms with Gasteiger partial charge in [0.15, 0.2) is 11.0 Å². The van der Waals surface area contributed by atoms with Gasteiger partial charge >= 0.3 is 0 Å². The number of likely N-dealkylation sites (N-methyl/N-ethyl adjacent to an activating group) is 1. The van der Waals surface area contributed by atoms with Crippen LogP contribution in [0, 0.1) is 0 Å². The van der Waals surface area contributed by atoms with Gasteiger partial charge in [-0.25, -0.2) is 15.0 Å². The van der Waals surface area contributed by atoms with Crippen LogP contribution in [-0.4, -0.2) is 59.4 Å². The summed E-state index contributed by atoms with van der Waals surface area (Å²) in [5.41, 5.74) is 2.42. The molecule has 1 fully saturated rings. The summed E-state index contributed by atoms with van der Waals surface area (Å²) in [5, 5.41) is 5.74. The molecule has 0 bridgehead atoms. The van der Waals surface area contributed by atoms with Crippen molar-refractivity contribution in [2.75, 3.05) is 38.8 Å². The zero-order valence-corrected chi connectivity index (χ0v) is 18.3. The summed E-state index contributed by atoms with van der Waals surface area (Å²) in [6, 6.07) is 8.19. The van der Waals surface area contributed by atoms with Gasteiger partial charge in [0, 0.05) is 29.7 Å². The third-order valence-corrected chi connectivity index (χ3v) is 6.31. The van der Waals surface area contributed by atoms with Crippen LogP contribution < -0.4 is 10.1 Å². The van der Waals surface area contributed by atoms with Crippen LogP contribution in [0.2, 0.25) is 5.02 Å². The minimum atomic E-state index is 0.498. The summed E-state index contributed by atoms with van der Waals surface area (Å²) >= 11 is 8.09. The van der Waals surface area contributed by atoms with Gasteiger partial charge in [0.2, 0.25) is 0 Å². The zero-order chi connectivity index (χ0) is 20.4. The molecule has 3 aromatic rings. The van der Waals surface area contributed by atoms with E-state index in [9.17, 15) is 0 Å². The van der Waals surface area contributed by atoms with Crippen molar-refractivity contribution in [1.29, 1.82) is 0 Å². The van der Waals surface area contributed by atoms with E-state index in [0.29, 0.717) is 16.8 Å². The second-order valence-corrected chi connectivity index (χ2v) is 8.28.